The minimum absolute atomic E-state index is 0.0711. The Kier molecular flexibility index (Phi) is 4.32. The molecule has 17 heavy (non-hydrogen) atoms. The van der Waals surface area contributed by atoms with Crippen LogP contribution in [0.4, 0.5) is 0 Å². The first-order valence-corrected chi connectivity index (χ1v) is 7.52. The average Bonchev–Trinajstić information content (AvgIpc) is 2.16. The van der Waals surface area contributed by atoms with Crippen molar-refractivity contribution >= 4 is 7.94 Å². The van der Waals surface area contributed by atoms with Crippen LogP contribution in [0.5, 0.6) is 0 Å². The van der Waals surface area contributed by atoms with Crippen LogP contribution in [0.2, 0.25) is 0 Å². The Morgan fingerprint density at radius 2 is 1.29 bits per heavy atom. The van der Waals surface area contributed by atoms with Crippen molar-refractivity contribution in [1.82, 2.24) is 0 Å². The van der Waals surface area contributed by atoms with Gasteiger partial charge in [-0.05, 0) is 0 Å². The summed E-state index contributed by atoms with van der Waals surface area (Å²) in [6.07, 6.45) is 0. The van der Waals surface area contributed by atoms with Gasteiger partial charge in [-0.1, -0.05) is 58.0 Å². The molecule has 0 radical (unpaired) electrons. The second kappa shape index (κ2) is 5.03. The Bertz CT molecular complexity index is 347. The van der Waals surface area contributed by atoms with E-state index >= 15 is 0 Å². The topological polar surface area (TPSA) is 60.7 Å². The van der Waals surface area contributed by atoms with E-state index in [1.807, 2.05) is 58.0 Å². The van der Waals surface area contributed by atoms with Crippen LogP contribution in [0, 0.1) is 11.8 Å². The van der Waals surface area contributed by atoms with E-state index in [2.05, 4.69) is 0 Å². The molecule has 0 saturated carbocycles. The van der Waals surface area contributed by atoms with E-state index in [0.29, 0.717) is 0 Å². The van der Waals surface area contributed by atoms with Crippen molar-refractivity contribution in [2.24, 2.45) is 11.8 Å². The molecule has 0 spiro atoms. The van der Waals surface area contributed by atoms with E-state index < -0.39 is 13.1 Å². The minimum Gasteiger partial charge on any atom is -0.192 e. The van der Waals surface area contributed by atoms with Gasteiger partial charge in [-0.3, -0.25) is 0 Å². The summed E-state index contributed by atoms with van der Waals surface area (Å²) in [5.74, 6) is -0.142. The van der Waals surface area contributed by atoms with Crippen LogP contribution >= 0.6 is 7.94 Å². The predicted octanol–water partition coefficient (Wildman–Crippen LogP) is 2.93. The van der Waals surface area contributed by atoms with Gasteiger partial charge in [0.2, 0.25) is 0 Å². The molecule has 0 heterocycles. The van der Waals surface area contributed by atoms with Crippen molar-refractivity contribution in [3.63, 3.8) is 0 Å². The predicted molar refractivity (Wildman–Crippen MR) is 71.4 cm³/mol. The second-order valence-corrected chi connectivity index (χ2v) is 6.95. The third kappa shape index (κ3) is 2.38. The lowest BCUT2D eigenvalue weighted by molar-refractivity contribution is 0.209. The van der Waals surface area contributed by atoms with E-state index in [-0.39, 0.29) is 11.8 Å². The molecule has 3 nitrogen and oxygen atoms in total. The lowest BCUT2D eigenvalue weighted by Gasteiger charge is -2.39. The van der Waals surface area contributed by atoms with Gasteiger partial charge in [0.1, 0.15) is 0 Å². The van der Waals surface area contributed by atoms with Gasteiger partial charge in [0, 0.05) is 17.4 Å². The molecule has 3 N–H and O–H groups in total. The number of hydrogen-bond acceptors (Lipinski definition) is 3. The summed E-state index contributed by atoms with van der Waals surface area (Å²) in [4.78, 5) is 29.8. The van der Waals surface area contributed by atoms with Crippen molar-refractivity contribution in [2.45, 2.75) is 32.9 Å². The minimum atomic E-state index is -3.99. The summed E-state index contributed by atoms with van der Waals surface area (Å²) in [5, 5.41) is -0.992. The van der Waals surface area contributed by atoms with Crippen LogP contribution in [-0.4, -0.2) is 14.7 Å². The summed E-state index contributed by atoms with van der Waals surface area (Å²) in [5.41, 5.74) is 0.783. The molecular weight excluding hydrogens is 235 g/mol. The van der Waals surface area contributed by atoms with Gasteiger partial charge in [0.05, 0.1) is 0 Å². The second-order valence-electron chi connectivity index (χ2n) is 5.07. The molecule has 0 bridgehead atoms. The van der Waals surface area contributed by atoms with Gasteiger partial charge < -0.3 is 0 Å². The molecule has 96 valence electrons. The first-order valence-electron chi connectivity index (χ1n) is 5.87. The average molecular weight is 257 g/mol. The smallest absolute Gasteiger partial charge is 0.192 e. The number of benzene rings is 1. The summed E-state index contributed by atoms with van der Waals surface area (Å²) < 4.78 is 0. The zero-order valence-electron chi connectivity index (χ0n) is 10.8. The summed E-state index contributed by atoms with van der Waals surface area (Å²) in [7, 11) is -3.99. The summed E-state index contributed by atoms with van der Waals surface area (Å²) in [6, 6.07) is 9.27. The normalized spacial score (nSPS) is 13.5. The van der Waals surface area contributed by atoms with Gasteiger partial charge >= 0.3 is 7.94 Å². The van der Waals surface area contributed by atoms with Crippen molar-refractivity contribution in [1.29, 1.82) is 0 Å². The molecule has 0 aromatic heterocycles. The Labute approximate surface area is 104 Å². The maximum Gasteiger partial charge on any atom is 0.415 e. The lowest BCUT2D eigenvalue weighted by Crippen LogP contribution is -2.40. The molecule has 0 saturated heterocycles. The fourth-order valence-electron chi connectivity index (χ4n) is 2.90. The summed E-state index contributed by atoms with van der Waals surface area (Å²) in [6.45, 7) is 7.63. The van der Waals surface area contributed by atoms with Gasteiger partial charge in [-0.15, -0.1) is 0 Å². The van der Waals surface area contributed by atoms with Gasteiger partial charge in [-0.25, -0.2) is 0 Å². The molecule has 0 atom stereocenters. The van der Waals surface area contributed by atoms with E-state index in [9.17, 15) is 14.7 Å². The quantitative estimate of drug-likeness (QED) is 0.727. The van der Waals surface area contributed by atoms with Crippen LogP contribution in [0.25, 0.3) is 0 Å². The Balaban J connectivity index is 3.48. The molecule has 0 aliphatic rings. The zero-order chi connectivity index (χ0) is 13.3. The monoisotopic (exact) mass is 257 g/mol. The van der Waals surface area contributed by atoms with E-state index in [1.54, 1.807) is 0 Å². The molecule has 1 aromatic rings. The first-order chi connectivity index (χ1) is 7.74. The van der Waals surface area contributed by atoms with Crippen LogP contribution in [0.3, 0.4) is 0 Å². The Morgan fingerprint density at radius 3 is 1.59 bits per heavy atom. The molecule has 4 heteroatoms. The third-order valence-electron chi connectivity index (χ3n) is 3.49. The highest BCUT2D eigenvalue weighted by Crippen LogP contribution is 2.70. The maximum absolute atomic E-state index is 9.94. The van der Waals surface area contributed by atoms with Gasteiger partial charge in [0.25, 0.3) is 0 Å². The largest absolute Gasteiger partial charge is 0.415 e. The van der Waals surface area contributed by atoms with Gasteiger partial charge in [-0.2, -0.15) is 14.7 Å². The van der Waals surface area contributed by atoms with Crippen molar-refractivity contribution in [2.75, 3.05) is 0 Å². The Morgan fingerprint density at radius 1 is 0.882 bits per heavy atom. The molecule has 1 rings (SSSR count). The van der Waals surface area contributed by atoms with Crippen molar-refractivity contribution < 1.29 is 14.7 Å². The molecule has 0 aliphatic carbocycles. The third-order valence-corrected chi connectivity index (χ3v) is 5.78. The molecule has 0 fully saturated rings. The summed E-state index contributed by atoms with van der Waals surface area (Å²) >= 11 is 0. The fraction of sp³-hybridized carbons (Fsp3) is 0.538. The molecule has 1 aromatic carbocycles. The highest BCUT2D eigenvalue weighted by atomic mass is 31.2. The SMILES string of the molecule is CC(C)C(c1ccccc1)(C(C)C)[P+](O)(O)O. The van der Waals surface area contributed by atoms with Crippen molar-refractivity contribution in [3.05, 3.63) is 35.9 Å². The fourth-order valence-corrected chi connectivity index (χ4v) is 4.79. The first kappa shape index (κ1) is 14.6. The zero-order valence-corrected chi connectivity index (χ0v) is 11.7. The molecule has 0 amide bonds. The maximum atomic E-state index is 9.94. The van der Waals surface area contributed by atoms with Crippen molar-refractivity contribution in [3.8, 4) is 0 Å². The van der Waals surface area contributed by atoms with Crippen LogP contribution in [-0.2, 0) is 5.16 Å². The molecular formula is C13H22O3P+. The van der Waals surface area contributed by atoms with Crippen LogP contribution < -0.4 is 0 Å². The highest BCUT2D eigenvalue weighted by molar-refractivity contribution is 7.59. The number of rotatable bonds is 4. The van der Waals surface area contributed by atoms with E-state index in [4.69, 9.17) is 0 Å². The van der Waals surface area contributed by atoms with Crippen LogP contribution in [0.15, 0.2) is 30.3 Å². The molecule has 0 unspecified atom stereocenters. The van der Waals surface area contributed by atoms with Crippen LogP contribution in [0.1, 0.15) is 33.3 Å². The molecule has 0 aliphatic heterocycles. The number of hydrogen-bond donors (Lipinski definition) is 3. The van der Waals surface area contributed by atoms with E-state index in [0.717, 1.165) is 5.56 Å². The standard InChI is InChI=1S/C13H22O3P/c1-10(2)13(11(3)4,17(14,15)16)12-8-6-5-7-9-12/h5-11,14-16H,1-4H3/q+1. The highest BCUT2D eigenvalue weighted by Gasteiger charge is 2.63. The van der Waals surface area contributed by atoms with Gasteiger partial charge in [0.15, 0.2) is 5.16 Å². The Hall–Kier alpha value is -0.470. The lowest BCUT2D eigenvalue weighted by atomic mass is 9.79. The van der Waals surface area contributed by atoms with E-state index in [1.165, 1.54) is 0 Å².